The van der Waals surface area contributed by atoms with Gasteiger partial charge in [0.1, 0.15) is 5.56 Å². The number of hydrogen-bond acceptors (Lipinski definition) is 3. The first kappa shape index (κ1) is 11.5. The Labute approximate surface area is 88.5 Å². The minimum absolute atomic E-state index is 0.0839. The van der Waals surface area contributed by atoms with Crippen molar-refractivity contribution in [3.05, 3.63) is 34.2 Å². The summed E-state index contributed by atoms with van der Waals surface area (Å²) in [4.78, 5) is 23.0. The van der Waals surface area contributed by atoms with E-state index in [1.54, 1.807) is 12.3 Å². The number of carbonyl (C=O) groups excluding carboxylic acids is 1. The number of hydrogen-bond donors (Lipinski definition) is 0. The predicted octanol–water partition coefficient (Wildman–Crippen LogP) is 1.29. The van der Waals surface area contributed by atoms with Crippen LogP contribution in [0.15, 0.2) is 23.1 Å². The summed E-state index contributed by atoms with van der Waals surface area (Å²) in [6, 6.07) is 3.15. The van der Waals surface area contributed by atoms with Crippen LogP contribution >= 0.6 is 0 Å². The number of aromatic nitrogens is 1. The Kier molecular flexibility index (Phi) is 3.66. The van der Waals surface area contributed by atoms with Crippen LogP contribution in [0.2, 0.25) is 0 Å². The summed E-state index contributed by atoms with van der Waals surface area (Å²) in [5.41, 5.74) is -0.210. The topological polar surface area (TPSA) is 48.3 Å². The third kappa shape index (κ3) is 2.68. The van der Waals surface area contributed by atoms with Gasteiger partial charge in [-0.25, -0.2) is 4.79 Å². The largest absolute Gasteiger partial charge is 0.465 e. The van der Waals surface area contributed by atoms with Gasteiger partial charge in [-0.3, -0.25) is 4.79 Å². The van der Waals surface area contributed by atoms with Crippen molar-refractivity contribution in [1.82, 2.24) is 4.57 Å². The number of rotatable bonds is 3. The first-order valence-electron chi connectivity index (χ1n) is 4.84. The van der Waals surface area contributed by atoms with E-state index in [-0.39, 0.29) is 11.1 Å². The van der Waals surface area contributed by atoms with Gasteiger partial charge in [0.25, 0.3) is 5.56 Å². The molecular formula is C11H15NO3. The van der Waals surface area contributed by atoms with Crippen LogP contribution in [-0.2, 0) is 11.3 Å². The lowest BCUT2D eigenvalue weighted by molar-refractivity contribution is 0.0598. The van der Waals surface area contributed by atoms with Crippen molar-refractivity contribution in [1.29, 1.82) is 0 Å². The summed E-state index contributed by atoms with van der Waals surface area (Å²) >= 11 is 0. The van der Waals surface area contributed by atoms with Crippen LogP contribution in [0, 0.1) is 5.92 Å². The molecule has 0 unspecified atom stereocenters. The first-order chi connectivity index (χ1) is 7.06. The van der Waals surface area contributed by atoms with Crippen molar-refractivity contribution >= 4 is 5.97 Å². The zero-order valence-corrected chi connectivity index (χ0v) is 9.19. The number of nitrogens with zero attached hydrogens (tertiary/aromatic N) is 1. The van der Waals surface area contributed by atoms with E-state index in [2.05, 4.69) is 4.74 Å². The van der Waals surface area contributed by atoms with Crippen molar-refractivity contribution in [3.63, 3.8) is 0 Å². The fourth-order valence-corrected chi connectivity index (χ4v) is 1.34. The molecule has 0 spiro atoms. The number of carbonyl (C=O) groups is 1. The van der Waals surface area contributed by atoms with Crippen molar-refractivity contribution in [3.8, 4) is 0 Å². The fourth-order valence-electron chi connectivity index (χ4n) is 1.34. The Morgan fingerprint density at radius 1 is 1.53 bits per heavy atom. The number of esters is 1. The lowest BCUT2D eigenvalue weighted by Crippen LogP contribution is -2.27. The maximum Gasteiger partial charge on any atom is 0.343 e. The predicted molar refractivity (Wildman–Crippen MR) is 56.9 cm³/mol. The van der Waals surface area contributed by atoms with Gasteiger partial charge in [0.2, 0.25) is 0 Å². The zero-order valence-electron chi connectivity index (χ0n) is 9.19. The molecule has 1 heterocycles. The van der Waals surface area contributed by atoms with E-state index in [9.17, 15) is 9.59 Å². The van der Waals surface area contributed by atoms with E-state index in [0.29, 0.717) is 12.5 Å². The molecule has 4 heteroatoms. The van der Waals surface area contributed by atoms with Crippen LogP contribution in [0.25, 0.3) is 0 Å². The SMILES string of the molecule is COC(=O)c1cccn(CC(C)C)c1=O. The molecule has 0 amide bonds. The Balaban J connectivity index is 3.12. The van der Waals surface area contributed by atoms with Gasteiger partial charge in [0.15, 0.2) is 0 Å². The standard InChI is InChI=1S/C11H15NO3/c1-8(2)7-12-6-4-5-9(10(12)13)11(14)15-3/h4-6,8H,7H2,1-3H3. The second-order valence-electron chi connectivity index (χ2n) is 3.76. The maximum atomic E-state index is 11.8. The molecule has 0 aliphatic heterocycles. The number of pyridine rings is 1. The first-order valence-corrected chi connectivity index (χ1v) is 4.84. The van der Waals surface area contributed by atoms with Gasteiger partial charge in [-0.1, -0.05) is 13.8 Å². The smallest absolute Gasteiger partial charge is 0.343 e. The van der Waals surface area contributed by atoms with Gasteiger partial charge in [-0.05, 0) is 18.1 Å². The van der Waals surface area contributed by atoms with Crippen LogP contribution in [0.1, 0.15) is 24.2 Å². The van der Waals surface area contributed by atoms with E-state index in [4.69, 9.17) is 0 Å². The van der Waals surface area contributed by atoms with E-state index in [1.165, 1.54) is 17.7 Å². The molecule has 0 atom stereocenters. The molecule has 0 bridgehead atoms. The molecule has 0 saturated carbocycles. The Bertz CT molecular complexity index is 407. The van der Waals surface area contributed by atoms with E-state index >= 15 is 0 Å². The Morgan fingerprint density at radius 3 is 2.73 bits per heavy atom. The monoisotopic (exact) mass is 209 g/mol. The molecule has 0 saturated heterocycles. The van der Waals surface area contributed by atoms with Gasteiger partial charge in [-0.15, -0.1) is 0 Å². The summed E-state index contributed by atoms with van der Waals surface area (Å²) in [5.74, 6) is -0.228. The highest BCUT2D eigenvalue weighted by atomic mass is 16.5. The zero-order chi connectivity index (χ0) is 11.4. The van der Waals surface area contributed by atoms with Crippen molar-refractivity contribution in [2.75, 3.05) is 7.11 Å². The molecule has 0 fully saturated rings. The molecular weight excluding hydrogens is 194 g/mol. The summed E-state index contributed by atoms with van der Waals surface area (Å²) in [7, 11) is 1.27. The van der Waals surface area contributed by atoms with Crippen LogP contribution < -0.4 is 5.56 Å². The molecule has 0 aromatic carbocycles. The van der Waals surface area contributed by atoms with Gasteiger partial charge in [0.05, 0.1) is 7.11 Å². The fraction of sp³-hybridized carbons (Fsp3) is 0.455. The van der Waals surface area contributed by atoms with Gasteiger partial charge in [-0.2, -0.15) is 0 Å². The molecule has 0 aliphatic carbocycles. The van der Waals surface area contributed by atoms with E-state index in [0.717, 1.165) is 0 Å². The van der Waals surface area contributed by atoms with Gasteiger partial charge < -0.3 is 9.30 Å². The van der Waals surface area contributed by atoms with Crippen LogP contribution in [0.4, 0.5) is 0 Å². The summed E-state index contributed by atoms with van der Waals surface area (Å²) in [6.07, 6.45) is 1.68. The normalized spacial score (nSPS) is 10.4. The van der Waals surface area contributed by atoms with Crippen molar-refractivity contribution in [2.24, 2.45) is 5.92 Å². The molecule has 4 nitrogen and oxygen atoms in total. The number of ether oxygens (including phenoxy) is 1. The van der Waals surface area contributed by atoms with Gasteiger partial charge in [0, 0.05) is 12.7 Å². The second-order valence-corrected chi connectivity index (χ2v) is 3.76. The highest BCUT2D eigenvalue weighted by molar-refractivity contribution is 5.88. The van der Waals surface area contributed by atoms with Crippen molar-refractivity contribution in [2.45, 2.75) is 20.4 Å². The van der Waals surface area contributed by atoms with E-state index in [1.807, 2.05) is 13.8 Å². The Hall–Kier alpha value is -1.58. The van der Waals surface area contributed by atoms with E-state index < -0.39 is 5.97 Å². The minimum Gasteiger partial charge on any atom is -0.465 e. The Morgan fingerprint density at radius 2 is 2.20 bits per heavy atom. The molecule has 1 aromatic heterocycles. The van der Waals surface area contributed by atoms with Crippen LogP contribution in [0.5, 0.6) is 0 Å². The van der Waals surface area contributed by atoms with Crippen molar-refractivity contribution < 1.29 is 9.53 Å². The summed E-state index contributed by atoms with van der Waals surface area (Å²) < 4.78 is 6.05. The summed E-state index contributed by atoms with van der Waals surface area (Å²) in [5, 5.41) is 0. The molecule has 1 aromatic rings. The lowest BCUT2D eigenvalue weighted by atomic mass is 10.2. The average molecular weight is 209 g/mol. The highest BCUT2D eigenvalue weighted by Crippen LogP contribution is 1.99. The van der Waals surface area contributed by atoms with Crippen LogP contribution in [-0.4, -0.2) is 17.6 Å². The van der Waals surface area contributed by atoms with Gasteiger partial charge >= 0.3 is 5.97 Å². The lowest BCUT2D eigenvalue weighted by Gasteiger charge is -2.09. The molecule has 82 valence electrons. The molecule has 0 radical (unpaired) electrons. The maximum absolute atomic E-state index is 11.8. The average Bonchev–Trinajstić information content (AvgIpc) is 2.19. The number of methoxy groups -OCH3 is 1. The highest BCUT2D eigenvalue weighted by Gasteiger charge is 2.12. The quantitative estimate of drug-likeness (QED) is 0.705. The summed E-state index contributed by atoms with van der Waals surface area (Å²) in [6.45, 7) is 4.62. The molecule has 1 rings (SSSR count). The minimum atomic E-state index is -0.585. The second kappa shape index (κ2) is 4.77. The molecule has 15 heavy (non-hydrogen) atoms. The third-order valence-corrected chi connectivity index (χ3v) is 1.99. The van der Waals surface area contributed by atoms with Crippen LogP contribution in [0.3, 0.4) is 0 Å². The molecule has 0 N–H and O–H groups in total. The molecule has 0 aliphatic rings. The third-order valence-electron chi connectivity index (χ3n) is 1.99.